The third-order valence-corrected chi connectivity index (χ3v) is 6.34. The summed E-state index contributed by atoms with van der Waals surface area (Å²) < 4.78 is 29.7. The molecule has 0 saturated carbocycles. The van der Waals surface area contributed by atoms with Crippen molar-refractivity contribution in [1.82, 2.24) is 15.0 Å². The summed E-state index contributed by atoms with van der Waals surface area (Å²) in [6.45, 7) is 4.38. The number of aromatic amines is 1. The first-order chi connectivity index (χ1) is 13.0. The second-order valence-electron chi connectivity index (χ2n) is 6.60. The van der Waals surface area contributed by atoms with Gasteiger partial charge in [-0.2, -0.15) is 0 Å². The molecule has 1 aliphatic rings. The van der Waals surface area contributed by atoms with E-state index in [2.05, 4.69) is 14.9 Å². The number of morpholine rings is 1. The quantitative estimate of drug-likeness (QED) is 0.724. The maximum atomic E-state index is 12.1. The molecule has 1 fully saturated rings. The van der Waals surface area contributed by atoms with Crippen LogP contribution in [0, 0.1) is 0 Å². The van der Waals surface area contributed by atoms with E-state index in [9.17, 15) is 8.42 Å². The summed E-state index contributed by atoms with van der Waals surface area (Å²) in [7, 11) is -3.18. The van der Waals surface area contributed by atoms with Gasteiger partial charge in [-0.3, -0.25) is 0 Å². The highest BCUT2D eigenvalue weighted by molar-refractivity contribution is 7.90. The fraction of sp³-hybridized carbons (Fsp3) is 0.368. The Hall–Kier alpha value is -2.45. The number of sulfone groups is 1. The van der Waals surface area contributed by atoms with Crippen LogP contribution >= 0.6 is 0 Å². The van der Waals surface area contributed by atoms with Gasteiger partial charge in [0, 0.05) is 47.6 Å². The van der Waals surface area contributed by atoms with Gasteiger partial charge in [-0.05, 0) is 24.3 Å². The first kappa shape index (κ1) is 17.9. The standard InChI is InChI=1S/C19H22N4O3S/c1-2-27(24,25)13-16-12-18(23-7-9-26-10-8-23)22-19(21-16)15-3-4-17-14(11-15)5-6-20-17/h3-6,11-12,20H,2,7-10,13H2,1H3. The molecule has 7 nitrogen and oxygen atoms in total. The lowest BCUT2D eigenvalue weighted by Gasteiger charge is -2.28. The lowest BCUT2D eigenvalue weighted by molar-refractivity contribution is 0.122. The number of benzene rings is 1. The highest BCUT2D eigenvalue weighted by atomic mass is 32.2. The second kappa shape index (κ2) is 7.28. The SMILES string of the molecule is CCS(=O)(=O)Cc1cc(N2CCOCC2)nc(-c2ccc3[nH]ccc3c2)n1. The molecule has 2 aromatic heterocycles. The van der Waals surface area contributed by atoms with Gasteiger partial charge in [0.25, 0.3) is 0 Å². The van der Waals surface area contributed by atoms with Crippen molar-refractivity contribution in [2.24, 2.45) is 0 Å². The Bertz CT molecular complexity index is 1060. The number of aromatic nitrogens is 3. The summed E-state index contributed by atoms with van der Waals surface area (Å²) in [4.78, 5) is 14.6. The van der Waals surface area contributed by atoms with Crippen molar-refractivity contribution in [2.45, 2.75) is 12.7 Å². The van der Waals surface area contributed by atoms with Gasteiger partial charge in [-0.15, -0.1) is 0 Å². The molecule has 27 heavy (non-hydrogen) atoms. The largest absolute Gasteiger partial charge is 0.378 e. The van der Waals surface area contributed by atoms with E-state index in [0.717, 1.165) is 35.4 Å². The average molecular weight is 386 g/mol. The number of fused-ring (bicyclic) bond motifs is 1. The van der Waals surface area contributed by atoms with Gasteiger partial charge in [0.2, 0.25) is 0 Å². The number of nitrogens with zero attached hydrogens (tertiary/aromatic N) is 3. The summed E-state index contributed by atoms with van der Waals surface area (Å²) in [5.74, 6) is 1.30. The molecule has 0 atom stereocenters. The van der Waals surface area contributed by atoms with E-state index in [1.165, 1.54) is 0 Å². The summed E-state index contributed by atoms with van der Waals surface area (Å²) in [6, 6.07) is 9.74. The van der Waals surface area contributed by atoms with Crippen molar-refractivity contribution in [3.63, 3.8) is 0 Å². The Labute approximate surface area is 158 Å². The maximum absolute atomic E-state index is 12.1. The molecule has 1 N–H and O–H groups in total. The molecule has 3 aromatic rings. The Morgan fingerprint density at radius 2 is 1.96 bits per heavy atom. The number of nitrogens with one attached hydrogen (secondary N) is 1. The van der Waals surface area contributed by atoms with Crippen molar-refractivity contribution in [2.75, 3.05) is 37.0 Å². The van der Waals surface area contributed by atoms with Crippen LogP contribution in [0.2, 0.25) is 0 Å². The average Bonchev–Trinajstić information content (AvgIpc) is 3.16. The van der Waals surface area contributed by atoms with Crippen molar-refractivity contribution in [1.29, 1.82) is 0 Å². The van der Waals surface area contributed by atoms with Crippen LogP contribution in [-0.2, 0) is 20.3 Å². The first-order valence-corrected chi connectivity index (χ1v) is 10.8. The van der Waals surface area contributed by atoms with Gasteiger partial charge in [0.1, 0.15) is 5.82 Å². The van der Waals surface area contributed by atoms with Crippen LogP contribution in [0.4, 0.5) is 5.82 Å². The fourth-order valence-corrected chi connectivity index (χ4v) is 3.96. The normalized spacial score (nSPS) is 15.4. The molecule has 0 unspecified atom stereocenters. The molecule has 0 radical (unpaired) electrons. The molecular weight excluding hydrogens is 364 g/mol. The fourth-order valence-electron chi connectivity index (χ4n) is 3.16. The molecule has 0 spiro atoms. The van der Waals surface area contributed by atoms with E-state index in [-0.39, 0.29) is 11.5 Å². The molecule has 0 aliphatic carbocycles. The minimum absolute atomic E-state index is 0.0806. The molecule has 4 rings (SSSR count). The van der Waals surface area contributed by atoms with E-state index in [4.69, 9.17) is 9.72 Å². The number of ether oxygens (including phenoxy) is 1. The number of hydrogen-bond acceptors (Lipinski definition) is 6. The van der Waals surface area contributed by atoms with Gasteiger partial charge in [0.15, 0.2) is 15.7 Å². The smallest absolute Gasteiger partial charge is 0.161 e. The van der Waals surface area contributed by atoms with Crippen molar-refractivity contribution in [3.05, 3.63) is 42.2 Å². The first-order valence-electron chi connectivity index (χ1n) is 9.03. The minimum atomic E-state index is -3.18. The third kappa shape index (κ3) is 3.96. The molecule has 0 bridgehead atoms. The highest BCUT2D eigenvalue weighted by Crippen LogP contribution is 2.25. The lowest BCUT2D eigenvalue weighted by atomic mass is 10.1. The highest BCUT2D eigenvalue weighted by Gasteiger charge is 2.18. The lowest BCUT2D eigenvalue weighted by Crippen LogP contribution is -2.37. The van der Waals surface area contributed by atoms with Crippen LogP contribution in [0.5, 0.6) is 0 Å². The number of rotatable bonds is 5. The molecular formula is C19H22N4O3S. The molecule has 8 heteroatoms. The van der Waals surface area contributed by atoms with E-state index in [0.29, 0.717) is 24.7 Å². The van der Waals surface area contributed by atoms with Crippen molar-refractivity contribution >= 4 is 26.6 Å². The Morgan fingerprint density at radius 3 is 2.74 bits per heavy atom. The van der Waals surface area contributed by atoms with Crippen LogP contribution < -0.4 is 4.90 Å². The molecule has 142 valence electrons. The van der Waals surface area contributed by atoms with Crippen LogP contribution in [-0.4, -0.2) is 55.4 Å². The topological polar surface area (TPSA) is 88.2 Å². The van der Waals surface area contributed by atoms with Crippen LogP contribution in [0.25, 0.3) is 22.3 Å². The summed E-state index contributed by atoms with van der Waals surface area (Å²) in [6.07, 6.45) is 1.89. The maximum Gasteiger partial charge on any atom is 0.161 e. The van der Waals surface area contributed by atoms with Gasteiger partial charge in [-0.1, -0.05) is 6.92 Å². The zero-order valence-electron chi connectivity index (χ0n) is 15.2. The van der Waals surface area contributed by atoms with E-state index in [1.807, 2.05) is 30.5 Å². The van der Waals surface area contributed by atoms with Crippen LogP contribution in [0.3, 0.4) is 0 Å². The van der Waals surface area contributed by atoms with E-state index >= 15 is 0 Å². The summed E-state index contributed by atoms with van der Waals surface area (Å²) in [5.41, 5.74) is 2.43. The van der Waals surface area contributed by atoms with Gasteiger partial charge in [0.05, 0.1) is 24.7 Å². The Kier molecular flexibility index (Phi) is 4.84. The summed E-state index contributed by atoms with van der Waals surface area (Å²) >= 11 is 0. The molecule has 3 heterocycles. The van der Waals surface area contributed by atoms with Crippen molar-refractivity contribution in [3.8, 4) is 11.4 Å². The zero-order chi connectivity index (χ0) is 18.9. The van der Waals surface area contributed by atoms with Gasteiger partial charge >= 0.3 is 0 Å². The third-order valence-electron chi connectivity index (χ3n) is 4.72. The summed E-state index contributed by atoms with van der Waals surface area (Å²) in [5, 5.41) is 1.07. The number of hydrogen-bond donors (Lipinski definition) is 1. The molecule has 0 amide bonds. The number of H-pyrrole nitrogens is 1. The molecule has 1 aromatic carbocycles. The zero-order valence-corrected chi connectivity index (χ0v) is 16.0. The number of anilines is 1. The van der Waals surface area contributed by atoms with Gasteiger partial charge < -0.3 is 14.6 Å². The predicted octanol–water partition coefficient (Wildman–Crippen LogP) is 2.40. The molecule has 1 aliphatic heterocycles. The van der Waals surface area contributed by atoms with Crippen LogP contribution in [0.15, 0.2) is 36.5 Å². The Balaban J connectivity index is 1.78. The van der Waals surface area contributed by atoms with E-state index in [1.54, 1.807) is 13.0 Å². The molecule has 1 saturated heterocycles. The predicted molar refractivity (Wildman–Crippen MR) is 106 cm³/mol. The second-order valence-corrected chi connectivity index (χ2v) is 8.95. The van der Waals surface area contributed by atoms with Crippen molar-refractivity contribution < 1.29 is 13.2 Å². The van der Waals surface area contributed by atoms with E-state index < -0.39 is 9.84 Å². The van der Waals surface area contributed by atoms with Gasteiger partial charge in [-0.25, -0.2) is 18.4 Å². The Morgan fingerprint density at radius 1 is 1.15 bits per heavy atom. The van der Waals surface area contributed by atoms with Crippen LogP contribution in [0.1, 0.15) is 12.6 Å². The minimum Gasteiger partial charge on any atom is -0.378 e. The monoisotopic (exact) mass is 386 g/mol.